The molecule has 0 bridgehead atoms. The lowest BCUT2D eigenvalue weighted by atomic mass is 10.0. The average Bonchev–Trinajstić information content (AvgIpc) is 2.45. The van der Waals surface area contributed by atoms with Crippen LogP contribution in [0.2, 0.25) is 18.1 Å². The van der Waals surface area contributed by atoms with E-state index in [0.717, 1.165) is 0 Å². The Labute approximate surface area is 130 Å². The second-order valence-corrected chi connectivity index (χ2v) is 11.9. The number of benzene rings is 2. The SMILES string of the molecule is CC(C)(C)[Si](C)(C)OCc1cccc(-c2ccccc2)c1. The van der Waals surface area contributed by atoms with Gasteiger partial charge in [0.15, 0.2) is 8.32 Å². The molecule has 0 radical (unpaired) electrons. The maximum Gasteiger partial charge on any atom is 0.192 e. The van der Waals surface area contributed by atoms with Gasteiger partial charge in [-0.15, -0.1) is 0 Å². The maximum absolute atomic E-state index is 6.31. The zero-order chi connectivity index (χ0) is 15.5. The molecule has 0 aromatic heterocycles. The van der Waals surface area contributed by atoms with E-state index >= 15 is 0 Å². The molecule has 0 spiro atoms. The Bertz CT molecular complexity index is 582. The van der Waals surface area contributed by atoms with E-state index in [4.69, 9.17) is 4.43 Å². The van der Waals surface area contributed by atoms with Crippen LogP contribution in [0, 0.1) is 0 Å². The van der Waals surface area contributed by atoms with Crippen molar-refractivity contribution in [1.82, 2.24) is 0 Å². The highest BCUT2D eigenvalue weighted by Crippen LogP contribution is 2.37. The first-order valence-electron chi connectivity index (χ1n) is 7.58. The molecule has 0 saturated carbocycles. The first-order valence-corrected chi connectivity index (χ1v) is 10.5. The molecule has 0 N–H and O–H groups in total. The lowest BCUT2D eigenvalue weighted by molar-refractivity contribution is 0.276. The Morgan fingerprint density at radius 1 is 0.857 bits per heavy atom. The van der Waals surface area contributed by atoms with Crippen LogP contribution in [0.3, 0.4) is 0 Å². The van der Waals surface area contributed by atoms with E-state index in [-0.39, 0.29) is 5.04 Å². The second-order valence-electron chi connectivity index (χ2n) is 7.12. The molecule has 0 aliphatic rings. The van der Waals surface area contributed by atoms with Crippen LogP contribution >= 0.6 is 0 Å². The second kappa shape index (κ2) is 6.16. The van der Waals surface area contributed by atoms with E-state index in [9.17, 15) is 0 Å². The molecule has 2 aromatic rings. The van der Waals surface area contributed by atoms with Crippen LogP contribution in [0.4, 0.5) is 0 Å². The van der Waals surface area contributed by atoms with Crippen LogP contribution < -0.4 is 0 Å². The average molecular weight is 299 g/mol. The summed E-state index contributed by atoms with van der Waals surface area (Å²) in [6, 6.07) is 19.2. The molecule has 21 heavy (non-hydrogen) atoms. The van der Waals surface area contributed by atoms with Crippen LogP contribution in [0.1, 0.15) is 26.3 Å². The molecule has 0 fully saturated rings. The van der Waals surface area contributed by atoms with Crippen molar-refractivity contribution in [2.24, 2.45) is 0 Å². The van der Waals surface area contributed by atoms with Gasteiger partial charge in [0.1, 0.15) is 0 Å². The minimum absolute atomic E-state index is 0.254. The van der Waals surface area contributed by atoms with Gasteiger partial charge in [-0.1, -0.05) is 69.3 Å². The first kappa shape index (κ1) is 16.0. The van der Waals surface area contributed by atoms with E-state index in [2.05, 4.69) is 82.4 Å². The fraction of sp³-hybridized carbons (Fsp3) is 0.368. The monoisotopic (exact) mass is 298 g/mol. The maximum atomic E-state index is 6.31. The van der Waals surface area contributed by atoms with Crippen molar-refractivity contribution in [3.05, 3.63) is 60.2 Å². The molecule has 0 atom stereocenters. The Morgan fingerprint density at radius 2 is 1.48 bits per heavy atom. The van der Waals surface area contributed by atoms with Crippen molar-refractivity contribution in [2.45, 2.75) is 45.5 Å². The molecule has 0 unspecified atom stereocenters. The highest BCUT2D eigenvalue weighted by molar-refractivity contribution is 6.74. The van der Waals surface area contributed by atoms with Gasteiger partial charge < -0.3 is 4.43 Å². The predicted octanol–water partition coefficient (Wildman–Crippen LogP) is 5.88. The molecule has 0 saturated heterocycles. The Hall–Kier alpha value is -1.38. The normalized spacial score (nSPS) is 12.4. The van der Waals surface area contributed by atoms with Crippen molar-refractivity contribution in [1.29, 1.82) is 0 Å². The van der Waals surface area contributed by atoms with Gasteiger partial charge in [0.05, 0.1) is 6.61 Å². The van der Waals surface area contributed by atoms with Gasteiger partial charge in [0.2, 0.25) is 0 Å². The fourth-order valence-corrected chi connectivity index (χ4v) is 2.91. The Kier molecular flexibility index (Phi) is 4.69. The molecule has 2 heteroatoms. The van der Waals surface area contributed by atoms with E-state index in [0.29, 0.717) is 6.61 Å². The largest absolute Gasteiger partial charge is 0.413 e. The van der Waals surface area contributed by atoms with Gasteiger partial charge in [-0.2, -0.15) is 0 Å². The van der Waals surface area contributed by atoms with Crippen molar-refractivity contribution < 1.29 is 4.43 Å². The molecule has 0 aliphatic carbocycles. The van der Waals surface area contributed by atoms with Crippen LogP contribution in [-0.2, 0) is 11.0 Å². The van der Waals surface area contributed by atoms with Gasteiger partial charge in [-0.3, -0.25) is 0 Å². The summed E-state index contributed by atoms with van der Waals surface area (Å²) in [4.78, 5) is 0. The van der Waals surface area contributed by atoms with E-state index in [1.807, 2.05) is 6.07 Å². The lowest BCUT2D eigenvalue weighted by Gasteiger charge is -2.36. The third-order valence-electron chi connectivity index (χ3n) is 4.44. The summed E-state index contributed by atoms with van der Waals surface area (Å²) in [6.45, 7) is 12.1. The lowest BCUT2D eigenvalue weighted by Crippen LogP contribution is -2.40. The van der Waals surface area contributed by atoms with Crippen LogP contribution in [0.5, 0.6) is 0 Å². The molecular formula is C19H26OSi. The zero-order valence-electron chi connectivity index (χ0n) is 13.8. The molecule has 1 nitrogen and oxygen atoms in total. The van der Waals surface area contributed by atoms with E-state index < -0.39 is 8.32 Å². The van der Waals surface area contributed by atoms with Crippen molar-refractivity contribution in [3.8, 4) is 11.1 Å². The third kappa shape index (κ3) is 4.05. The number of hydrogen-bond donors (Lipinski definition) is 0. The third-order valence-corrected chi connectivity index (χ3v) is 8.92. The van der Waals surface area contributed by atoms with Crippen molar-refractivity contribution >= 4 is 8.32 Å². The molecule has 0 amide bonds. The molecule has 2 rings (SSSR count). The fourth-order valence-electron chi connectivity index (χ4n) is 1.95. The summed E-state index contributed by atoms with van der Waals surface area (Å²) in [7, 11) is -1.68. The summed E-state index contributed by atoms with van der Waals surface area (Å²) in [5.41, 5.74) is 3.76. The Balaban J connectivity index is 2.13. The molecule has 2 aromatic carbocycles. The van der Waals surface area contributed by atoms with Gasteiger partial charge >= 0.3 is 0 Å². The molecular weight excluding hydrogens is 272 g/mol. The van der Waals surface area contributed by atoms with Crippen molar-refractivity contribution in [2.75, 3.05) is 0 Å². The van der Waals surface area contributed by atoms with Gasteiger partial charge in [0, 0.05) is 0 Å². The van der Waals surface area contributed by atoms with Crippen LogP contribution in [-0.4, -0.2) is 8.32 Å². The highest BCUT2D eigenvalue weighted by Gasteiger charge is 2.36. The van der Waals surface area contributed by atoms with Crippen LogP contribution in [0.15, 0.2) is 54.6 Å². The highest BCUT2D eigenvalue weighted by atomic mass is 28.4. The molecule has 0 aliphatic heterocycles. The minimum atomic E-state index is -1.68. The number of hydrogen-bond acceptors (Lipinski definition) is 1. The zero-order valence-corrected chi connectivity index (χ0v) is 14.8. The topological polar surface area (TPSA) is 9.23 Å². The minimum Gasteiger partial charge on any atom is -0.413 e. The van der Waals surface area contributed by atoms with Gasteiger partial charge in [-0.05, 0) is 40.9 Å². The summed E-state index contributed by atoms with van der Waals surface area (Å²) in [5, 5.41) is 0.254. The Morgan fingerprint density at radius 3 is 2.10 bits per heavy atom. The standard InChI is InChI=1S/C19H26OSi/c1-19(2,3)21(4,5)20-15-16-10-9-13-18(14-16)17-11-7-6-8-12-17/h6-14H,15H2,1-5H3. The molecule has 0 heterocycles. The van der Waals surface area contributed by atoms with Crippen LogP contribution in [0.25, 0.3) is 11.1 Å². The summed E-state index contributed by atoms with van der Waals surface area (Å²) in [5.74, 6) is 0. The molecule has 112 valence electrons. The number of rotatable bonds is 4. The predicted molar refractivity (Wildman–Crippen MR) is 93.9 cm³/mol. The van der Waals surface area contributed by atoms with Crippen molar-refractivity contribution in [3.63, 3.8) is 0 Å². The first-order chi connectivity index (χ1) is 9.79. The van der Waals surface area contributed by atoms with E-state index in [1.165, 1.54) is 16.7 Å². The van der Waals surface area contributed by atoms with E-state index in [1.54, 1.807) is 0 Å². The summed E-state index contributed by atoms with van der Waals surface area (Å²) < 4.78 is 6.31. The van der Waals surface area contributed by atoms with Gasteiger partial charge in [-0.25, -0.2) is 0 Å². The summed E-state index contributed by atoms with van der Waals surface area (Å²) in [6.07, 6.45) is 0. The quantitative estimate of drug-likeness (QED) is 0.641. The van der Waals surface area contributed by atoms with Gasteiger partial charge in [0.25, 0.3) is 0 Å². The smallest absolute Gasteiger partial charge is 0.192 e. The summed E-state index contributed by atoms with van der Waals surface area (Å²) >= 11 is 0.